The fraction of sp³-hybridized carbons (Fsp3) is 0.0714. The number of nitrogens with zero attached hydrogens (tertiary/aromatic N) is 1. The molecule has 6 heteroatoms. The maximum Gasteiger partial charge on any atom is 0.263 e. The van der Waals surface area contributed by atoms with E-state index in [0.29, 0.717) is 11.3 Å². The summed E-state index contributed by atoms with van der Waals surface area (Å²) in [6.45, 7) is 0.171. The Morgan fingerprint density at radius 3 is 2.70 bits per heavy atom. The molecular formula is C14H13N3O2S. The Morgan fingerprint density at radius 1 is 1.20 bits per heavy atom. The van der Waals surface area contributed by atoms with Crippen LogP contribution in [0, 0.1) is 11.8 Å². The minimum Gasteiger partial charge on any atom is -0.320 e. The lowest BCUT2D eigenvalue weighted by Gasteiger charge is -2.09. The van der Waals surface area contributed by atoms with E-state index in [-0.39, 0.29) is 11.4 Å². The van der Waals surface area contributed by atoms with Crippen LogP contribution in [0.2, 0.25) is 0 Å². The SMILES string of the molecule is NCC#Cc1ccccc1S(=O)(=O)Nc1cccnc1. The van der Waals surface area contributed by atoms with Gasteiger partial charge in [0.05, 0.1) is 18.4 Å². The summed E-state index contributed by atoms with van der Waals surface area (Å²) in [5, 5.41) is 0. The highest BCUT2D eigenvalue weighted by molar-refractivity contribution is 7.92. The van der Waals surface area contributed by atoms with E-state index in [2.05, 4.69) is 21.5 Å². The van der Waals surface area contributed by atoms with Crippen LogP contribution in [0.1, 0.15) is 5.56 Å². The Bertz CT molecular complexity index is 747. The first-order chi connectivity index (χ1) is 9.63. The summed E-state index contributed by atoms with van der Waals surface area (Å²) >= 11 is 0. The number of rotatable bonds is 3. The third-order valence-corrected chi connectivity index (χ3v) is 3.85. The number of pyridine rings is 1. The second-order valence-corrected chi connectivity index (χ2v) is 5.50. The third kappa shape index (κ3) is 3.35. The van der Waals surface area contributed by atoms with Gasteiger partial charge in [0.2, 0.25) is 0 Å². The zero-order chi connectivity index (χ0) is 14.4. The molecule has 3 N–H and O–H groups in total. The van der Waals surface area contributed by atoms with Crippen molar-refractivity contribution in [3.05, 3.63) is 54.4 Å². The van der Waals surface area contributed by atoms with Crippen LogP contribution in [0.5, 0.6) is 0 Å². The number of hydrogen-bond donors (Lipinski definition) is 2. The first-order valence-electron chi connectivity index (χ1n) is 5.84. The zero-order valence-corrected chi connectivity index (χ0v) is 11.4. The van der Waals surface area contributed by atoms with Gasteiger partial charge < -0.3 is 5.73 Å². The smallest absolute Gasteiger partial charge is 0.263 e. The molecule has 2 rings (SSSR count). The number of aromatic nitrogens is 1. The number of hydrogen-bond acceptors (Lipinski definition) is 4. The van der Waals surface area contributed by atoms with Crippen LogP contribution < -0.4 is 10.5 Å². The summed E-state index contributed by atoms with van der Waals surface area (Å²) in [7, 11) is -3.71. The summed E-state index contributed by atoms with van der Waals surface area (Å²) in [5.41, 5.74) is 6.12. The van der Waals surface area contributed by atoms with Crippen LogP contribution in [0.15, 0.2) is 53.7 Å². The van der Waals surface area contributed by atoms with Crippen LogP contribution in [0.25, 0.3) is 0 Å². The van der Waals surface area contributed by atoms with Crippen molar-refractivity contribution in [2.45, 2.75) is 4.90 Å². The molecule has 5 nitrogen and oxygen atoms in total. The molecule has 1 heterocycles. The summed E-state index contributed by atoms with van der Waals surface area (Å²) in [5.74, 6) is 5.41. The van der Waals surface area contributed by atoms with Crippen molar-refractivity contribution < 1.29 is 8.42 Å². The lowest BCUT2D eigenvalue weighted by Crippen LogP contribution is -2.14. The Kier molecular flexibility index (Phi) is 4.35. The monoisotopic (exact) mass is 287 g/mol. The van der Waals surface area contributed by atoms with Crippen molar-refractivity contribution in [1.82, 2.24) is 4.98 Å². The molecule has 0 spiro atoms. The van der Waals surface area contributed by atoms with Crippen molar-refractivity contribution in [1.29, 1.82) is 0 Å². The summed E-state index contributed by atoms with van der Waals surface area (Å²) in [6.07, 6.45) is 3.00. The van der Waals surface area contributed by atoms with Gasteiger partial charge in [-0.05, 0) is 24.3 Å². The van der Waals surface area contributed by atoms with Crippen molar-refractivity contribution in [2.75, 3.05) is 11.3 Å². The van der Waals surface area contributed by atoms with Gasteiger partial charge in [0.15, 0.2) is 0 Å². The first kappa shape index (κ1) is 14.1. The second-order valence-electron chi connectivity index (χ2n) is 3.85. The van der Waals surface area contributed by atoms with Gasteiger partial charge in [0.25, 0.3) is 10.0 Å². The molecule has 0 atom stereocenters. The molecule has 0 unspecified atom stereocenters. The fourth-order valence-electron chi connectivity index (χ4n) is 1.58. The number of nitrogens with one attached hydrogen (secondary N) is 1. The maximum absolute atomic E-state index is 12.3. The molecule has 0 bridgehead atoms. The molecule has 102 valence electrons. The van der Waals surface area contributed by atoms with E-state index in [1.165, 1.54) is 12.3 Å². The van der Waals surface area contributed by atoms with E-state index in [1.807, 2.05) is 0 Å². The van der Waals surface area contributed by atoms with E-state index in [0.717, 1.165) is 0 Å². The molecule has 2 aromatic rings. The van der Waals surface area contributed by atoms with Crippen molar-refractivity contribution in [2.24, 2.45) is 5.73 Å². The average molecular weight is 287 g/mol. The molecule has 1 aromatic heterocycles. The van der Waals surface area contributed by atoms with Crippen molar-refractivity contribution in [3.8, 4) is 11.8 Å². The topological polar surface area (TPSA) is 85.1 Å². The molecular weight excluding hydrogens is 274 g/mol. The quantitative estimate of drug-likeness (QED) is 0.830. The first-order valence-corrected chi connectivity index (χ1v) is 7.32. The van der Waals surface area contributed by atoms with Gasteiger partial charge in [0.1, 0.15) is 4.90 Å². The summed E-state index contributed by atoms with van der Waals surface area (Å²) < 4.78 is 27.2. The zero-order valence-electron chi connectivity index (χ0n) is 10.6. The molecule has 0 aliphatic heterocycles. The highest BCUT2D eigenvalue weighted by atomic mass is 32.2. The van der Waals surface area contributed by atoms with E-state index < -0.39 is 10.0 Å². The highest BCUT2D eigenvalue weighted by Crippen LogP contribution is 2.18. The highest BCUT2D eigenvalue weighted by Gasteiger charge is 2.17. The Morgan fingerprint density at radius 2 is 2.00 bits per heavy atom. The standard InChI is InChI=1S/C14H13N3O2S/c15-9-3-6-12-5-1-2-8-14(12)20(18,19)17-13-7-4-10-16-11-13/h1-2,4-5,7-8,10-11,17H,9,15H2. The fourth-order valence-corrected chi connectivity index (χ4v) is 2.79. The van der Waals surface area contributed by atoms with Gasteiger partial charge in [-0.1, -0.05) is 24.0 Å². The predicted molar refractivity (Wildman–Crippen MR) is 77.4 cm³/mol. The van der Waals surface area contributed by atoms with Gasteiger partial charge in [-0.25, -0.2) is 8.42 Å². The van der Waals surface area contributed by atoms with Gasteiger partial charge in [0, 0.05) is 11.8 Å². The number of benzene rings is 1. The Hall–Kier alpha value is -2.36. The molecule has 1 aromatic carbocycles. The number of nitrogens with two attached hydrogens (primary N) is 1. The minimum atomic E-state index is -3.71. The van der Waals surface area contributed by atoms with Crippen molar-refractivity contribution in [3.63, 3.8) is 0 Å². The Balaban J connectivity index is 2.40. The van der Waals surface area contributed by atoms with E-state index in [4.69, 9.17) is 5.73 Å². The van der Waals surface area contributed by atoms with Crippen LogP contribution in [-0.4, -0.2) is 19.9 Å². The maximum atomic E-state index is 12.3. The van der Waals surface area contributed by atoms with E-state index >= 15 is 0 Å². The molecule has 0 aliphatic carbocycles. The predicted octanol–water partition coefficient (Wildman–Crippen LogP) is 1.19. The van der Waals surface area contributed by atoms with Crippen LogP contribution in [0.4, 0.5) is 5.69 Å². The largest absolute Gasteiger partial charge is 0.320 e. The summed E-state index contributed by atoms with van der Waals surface area (Å²) in [6, 6.07) is 9.78. The van der Waals surface area contributed by atoms with E-state index in [1.54, 1.807) is 36.5 Å². The minimum absolute atomic E-state index is 0.116. The third-order valence-electron chi connectivity index (χ3n) is 2.42. The molecule has 20 heavy (non-hydrogen) atoms. The van der Waals surface area contributed by atoms with Gasteiger partial charge in [-0.15, -0.1) is 0 Å². The molecule has 0 radical (unpaired) electrons. The van der Waals surface area contributed by atoms with Crippen molar-refractivity contribution >= 4 is 15.7 Å². The van der Waals surface area contributed by atoms with Crippen LogP contribution >= 0.6 is 0 Å². The van der Waals surface area contributed by atoms with Gasteiger partial charge in [-0.2, -0.15) is 0 Å². The van der Waals surface area contributed by atoms with Crippen LogP contribution in [0.3, 0.4) is 0 Å². The van der Waals surface area contributed by atoms with Crippen LogP contribution in [-0.2, 0) is 10.0 Å². The Labute approximate surface area is 117 Å². The molecule has 0 amide bonds. The average Bonchev–Trinajstić information content (AvgIpc) is 2.46. The molecule has 0 saturated carbocycles. The number of sulfonamides is 1. The molecule has 0 aliphatic rings. The number of anilines is 1. The van der Waals surface area contributed by atoms with E-state index in [9.17, 15) is 8.42 Å². The second kappa shape index (κ2) is 6.19. The molecule has 0 saturated heterocycles. The normalized spacial score (nSPS) is 10.4. The van der Waals surface area contributed by atoms with Gasteiger partial charge >= 0.3 is 0 Å². The lowest BCUT2D eigenvalue weighted by atomic mass is 10.2. The van der Waals surface area contributed by atoms with Gasteiger partial charge in [-0.3, -0.25) is 9.71 Å². The molecule has 0 fully saturated rings. The summed E-state index contributed by atoms with van der Waals surface area (Å²) in [4.78, 5) is 3.98. The lowest BCUT2D eigenvalue weighted by molar-refractivity contribution is 0.601.